The minimum absolute atomic E-state index is 0.0326. The van der Waals surface area contributed by atoms with Crippen LogP contribution < -0.4 is 5.32 Å². The summed E-state index contributed by atoms with van der Waals surface area (Å²) in [6, 6.07) is -0.560. The lowest BCUT2D eigenvalue weighted by Crippen LogP contribution is -2.45. The molecule has 0 aromatic heterocycles. The first kappa shape index (κ1) is 58.3. The summed E-state index contributed by atoms with van der Waals surface area (Å²) in [5, 5.41) is 23.3. The van der Waals surface area contributed by atoms with Crippen molar-refractivity contribution in [2.75, 3.05) is 13.2 Å². The summed E-state index contributed by atoms with van der Waals surface area (Å²) in [6.07, 6.45) is 58.6. The molecule has 60 heavy (non-hydrogen) atoms. The largest absolute Gasteiger partial charge is 0.466 e. The van der Waals surface area contributed by atoms with E-state index in [2.05, 4.69) is 43.5 Å². The van der Waals surface area contributed by atoms with Crippen LogP contribution in [0.25, 0.3) is 0 Å². The standard InChI is InChI=1S/C54H103NO5/c1-3-5-7-9-11-13-15-17-18-19-20-21-22-23-26-30-34-38-42-46-52(57)51(50-56)55-53(58)47-43-39-35-31-27-24-25-29-33-37-41-45-49-60-54(59)48-44-40-36-32-28-16-14-12-10-8-6-4-2/h12,14,25,29,51-52,56-57H,3-11,13,15-24,26-28,30-50H2,1-2H3,(H,55,58)/b14-12-,29-25-. The molecule has 0 aromatic rings. The van der Waals surface area contributed by atoms with Crippen LogP contribution in [0.3, 0.4) is 0 Å². The molecule has 2 atom stereocenters. The number of hydrogen-bond acceptors (Lipinski definition) is 5. The monoisotopic (exact) mass is 846 g/mol. The van der Waals surface area contributed by atoms with Crippen molar-refractivity contribution in [2.45, 2.75) is 296 Å². The second-order valence-corrected chi connectivity index (χ2v) is 18.2. The third-order valence-electron chi connectivity index (χ3n) is 12.2. The number of aliphatic hydroxyl groups excluding tert-OH is 2. The number of aliphatic hydroxyl groups is 2. The van der Waals surface area contributed by atoms with Gasteiger partial charge in [-0.05, 0) is 83.5 Å². The number of amides is 1. The lowest BCUT2D eigenvalue weighted by Gasteiger charge is -2.22. The molecular formula is C54H103NO5. The van der Waals surface area contributed by atoms with Crippen molar-refractivity contribution in [3.05, 3.63) is 24.3 Å². The SMILES string of the molecule is CCCCC/C=C\CCCCCCCC(=O)OCCCCC/C=C\CCCCCCCC(=O)NC(CO)C(O)CCCCCCCCCCCCCCCCCCCCC. The molecule has 0 heterocycles. The van der Waals surface area contributed by atoms with Crippen LogP contribution in [0.1, 0.15) is 284 Å². The van der Waals surface area contributed by atoms with Crippen molar-refractivity contribution in [3.8, 4) is 0 Å². The number of nitrogens with one attached hydrogen (secondary N) is 1. The predicted octanol–water partition coefficient (Wildman–Crippen LogP) is 15.9. The van der Waals surface area contributed by atoms with E-state index < -0.39 is 12.1 Å². The van der Waals surface area contributed by atoms with E-state index in [0.29, 0.717) is 25.9 Å². The third-order valence-corrected chi connectivity index (χ3v) is 12.2. The van der Waals surface area contributed by atoms with Gasteiger partial charge < -0.3 is 20.3 Å². The molecule has 6 nitrogen and oxygen atoms in total. The highest BCUT2D eigenvalue weighted by atomic mass is 16.5. The van der Waals surface area contributed by atoms with Crippen LogP contribution in [0.2, 0.25) is 0 Å². The summed E-state index contributed by atoms with van der Waals surface area (Å²) >= 11 is 0. The Morgan fingerprint density at radius 1 is 0.450 bits per heavy atom. The quantitative estimate of drug-likeness (QED) is 0.0322. The summed E-state index contributed by atoms with van der Waals surface area (Å²) in [6.45, 7) is 4.87. The molecule has 0 rings (SSSR count). The van der Waals surface area contributed by atoms with Crippen molar-refractivity contribution in [2.24, 2.45) is 0 Å². The first-order chi connectivity index (χ1) is 29.5. The summed E-state index contributed by atoms with van der Waals surface area (Å²) in [5.41, 5.74) is 0. The number of ether oxygens (including phenoxy) is 1. The maximum atomic E-state index is 12.5. The summed E-state index contributed by atoms with van der Waals surface area (Å²) in [7, 11) is 0. The van der Waals surface area contributed by atoms with E-state index in [9.17, 15) is 19.8 Å². The average molecular weight is 846 g/mol. The summed E-state index contributed by atoms with van der Waals surface area (Å²) in [4.78, 5) is 24.4. The van der Waals surface area contributed by atoms with E-state index in [0.717, 1.165) is 77.0 Å². The van der Waals surface area contributed by atoms with Crippen LogP contribution in [0.5, 0.6) is 0 Å². The minimum Gasteiger partial charge on any atom is -0.466 e. The molecule has 2 unspecified atom stereocenters. The highest BCUT2D eigenvalue weighted by molar-refractivity contribution is 5.76. The Bertz CT molecular complexity index is 935. The minimum atomic E-state index is -0.681. The topological polar surface area (TPSA) is 95.9 Å². The third kappa shape index (κ3) is 45.9. The fraction of sp³-hybridized carbons (Fsp3) is 0.889. The Kier molecular flexibility index (Phi) is 48.6. The lowest BCUT2D eigenvalue weighted by atomic mass is 10.0. The molecule has 3 N–H and O–H groups in total. The lowest BCUT2D eigenvalue weighted by molar-refractivity contribution is -0.143. The molecule has 0 spiro atoms. The van der Waals surface area contributed by atoms with Crippen LogP contribution in [0.4, 0.5) is 0 Å². The Labute approximate surface area is 373 Å². The molecule has 0 aliphatic carbocycles. The van der Waals surface area contributed by atoms with Gasteiger partial charge in [-0.15, -0.1) is 0 Å². The molecule has 0 aliphatic rings. The van der Waals surface area contributed by atoms with E-state index in [1.165, 1.54) is 173 Å². The normalized spacial score (nSPS) is 12.8. The van der Waals surface area contributed by atoms with Crippen LogP contribution in [-0.2, 0) is 14.3 Å². The van der Waals surface area contributed by atoms with Crippen LogP contribution >= 0.6 is 0 Å². The zero-order valence-corrected chi connectivity index (χ0v) is 40.2. The van der Waals surface area contributed by atoms with Gasteiger partial charge in [0, 0.05) is 12.8 Å². The van der Waals surface area contributed by atoms with Crippen molar-refractivity contribution < 1.29 is 24.5 Å². The molecular weight excluding hydrogens is 743 g/mol. The maximum Gasteiger partial charge on any atom is 0.305 e. The predicted molar refractivity (Wildman–Crippen MR) is 260 cm³/mol. The van der Waals surface area contributed by atoms with Gasteiger partial charge >= 0.3 is 5.97 Å². The second kappa shape index (κ2) is 50.0. The Balaban J connectivity index is 3.51. The van der Waals surface area contributed by atoms with Crippen LogP contribution in [-0.4, -0.2) is 47.4 Å². The molecule has 354 valence electrons. The fourth-order valence-electron chi connectivity index (χ4n) is 8.10. The van der Waals surface area contributed by atoms with Gasteiger partial charge in [0.25, 0.3) is 0 Å². The molecule has 0 radical (unpaired) electrons. The van der Waals surface area contributed by atoms with Gasteiger partial charge in [0.05, 0.1) is 25.4 Å². The summed E-state index contributed by atoms with van der Waals surface area (Å²) in [5.74, 6) is -0.0923. The van der Waals surface area contributed by atoms with Gasteiger partial charge in [-0.25, -0.2) is 0 Å². The van der Waals surface area contributed by atoms with Crippen molar-refractivity contribution in [1.29, 1.82) is 0 Å². The Hall–Kier alpha value is -1.66. The van der Waals surface area contributed by atoms with Crippen molar-refractivity contribution in [1.82, 2.24) is 5.32 Å². The first-order valence-electron chi connectivity index (χ1n) is 26.6. The highest BCUT2D eigenvalue weighted by Gasteiger charge is 2.20. The van der Waals surface area contributed by atoms with Crippen molar-refractivity contribution in [3.63, 3.8) is 0 Å². The number of esters is 1. The molecule has 0 bridgehead atoms. The van der Waals surface area contributed by atoms with Gasteiger partial charge in [-0.3, -0.25) is 9.59 Å². The van der Waals surface area contributed by atoms with E-state index in [1.807, 2.05) is 0 Å². The number of carbonyl (C=O) groups is 2. The number of hydrogen-bond donors (Lipinski definition) is 3. The maximum absolute atomic E-state index is 12.5. The molecule has 1 amide bonds. The Morgan fingerprint density at radius 3 is 1.22 bits per heavy atom. The molecule has 0 saturated carbocycles. The molecule has 0 saturated heterocycles. The van der Waals surface area contributed by atoms with E-state index >= 15 is 0 Å². The number of unbranched alkanes of at least 4 members (excludes halogenated alkanes) is 34. The molecule has 0 fully saturated rings. The van der Waals surface area contributed by atoms with Gasteiger partial charge in [-0.1, -0.05) is 212 Å². The smallest absolute Gasteiger partial charge is 0.305 e. The zero-order chi connectivity index (χ0) is 43.7. The Morgan fingerprint density at radius 2 is 0.783 bits per heavy atom. The van der Waals surface area contributed by atoms with E-state index in [4.69, 9.17) is 4.74 Å². The van der Waals surface area contributed by atoms with E-state index in [1.54, 1.807) is 0 Å². The first-order valence-corrected chi connectivity index (χ1v) is 26.6. The van der Waals surface area contributed by atoms with Crippen molar-refractivity contribution >= 4 is 11.9 Å². The van der Waals surface area contributed by atoms with Crippen LogP contribution in [0.15, 0.2) is 24.3 Å². The zero-order valence-electron chi connectivity index (χ0n) is 40.2. The highest BCUT2D eigenvalue weighted by Crippen LogP contribution is 2.16. The fourth-order valence-corrected chi connectivity index (χ4v) is 8.10. The van der Waals surface area contributed by atoms with Gasteiger partial charge in [0.15, 0.2) is 0 Å². The van der Waals surface area contributed by atoms with Gasteiger partial charge in [0.1, 0.15) is 0 Å². The molecule has 0 aromatic carbocycles. The molecule has 0 aliphatic heterocycles. The number of carbonyl (C=O) groups excluding carboxylic acids is 2. The summed E-state index contributed by atoms with van der Waals surface area (Å²) < 4.78 is 5.43. The van der Waals surface area contributed by atoms with Gasteiger partial charge in [-0.2, -0.15) is 0 Å². The number of rotatable bonds is 49. The number of allylic oxidation sites excluding steroid dienone is 4. The second-order valence-electron chi connectivity index (χ2n) is 18.2. The van der Waals surface area contributed by atoms with Gasteiger partial charge in [0.2, 0.25) is 5.91 Å². The molecule has 6 heteroatoms. The van der Waals surface area contributed by atoms with E-state index in [-0.39, 0.29) is 18.5 Å². The van der Waals surface area contributed by atoms with Crippen LogP contribution in [0, 0.1) is 0 Å². The average Bonchev–Trinajstić information content (AvgIpc) is 3.25.